The third kappa shape index (κ3) is 2.46. The van der Waals surface area contributed by atoms with Gasteiger partial charge in [0.15, 0.2) is 0 Å². The van der Waals surface area contributed by atoms with E-state index in [0.29, 0.717) is 11.4 Å². The summed E-state index contributed by atoms with van der Waals surface area (Å²) in [5, 5.41) is 10.4. The molecule has 0 amide bonds. The third-order valence-corrected chi connectivity index (χ3v) is 2.96. The molecule has 0 aliphatic heterocycles. The molecule has 0 atom stereocenters. The van der Waals surface area contributed by atoms with Crippen LogP contribution in [0.1, 0.15) is 18.4 Å². The van der Waals surface area contributed by atoms with Crippen LogP contribution in [0.25, 0.3) is 0 Å². The molecule has 70 valence electrons. The lowest BCUT2D eigenvalue weighted by atomic mass is 10.1. The van der Waals surface area contributed by atoms with Crippen molar-refractivity contribution < 1.29 is 5.11 Å². The number of halogens is 2. The zero-order chi connectivity index (χ0) is 9.47. The van der Waals surface area contributed by atoms with Crippen LogP contribution in [-0.2, 0) is 6.42 Å². The van der Waals surface area contributed by atoms with Crippen molar-refractivity contribution in [1.82, 2.24) is 0 Å². The van der Waals surface area contributed by atoms with E-state index in [1.807, 2.05) is 18.2 Å². The second kappa shape index (κ2) is 3.26. The van der Waals surface area contributed by atoms with E-state index in [2.05, 4.69) is 15.9 Å². The normalized spacial score (nSPS) is 18.7. The number of hydrogen-bond donors (Lipinski definition) is 1. The topological polar surface area (TPSA) is 20.2 Å². The zero-order valence-corrected chi connectivity index (χ0v) is 9.40. The Morgan fingerprint density at radius 1 is 1.38 bits per heavy atom. The molecule has 0 bridgehead atoms. The predicted molar refractivity (Wildman–Crippen MR) is 57.0 cm³/mol. The summed E-state index contributed by atoms with van der Waals surface area (Å²) >= 11 is 9.26. The summed E-state index contributed by atoms with van der Waals surface area (Å²) in [7, 11) is 0. The van der Waals surface area contributed by atoms with Crippen molar-refractivity contribution in [3.63, 3.8) is 0 Å². The minimum absolute atomic E-state index is 0.440. The summed E-state index contributed by atoms with van der Waals surface area (Å²) in [4.78, 5) is 0. The van der Waals surface area contributed by atoms with E-state index in [-0.39, 0.29) is 0 Å². The molecular weight excluding hydrogens is 251 g/mol. The lowest BCUT2D eigenvalue weighted by Crippen LogP contribution is -2.10. The molecule has 1 N–H and O–H groups in total. The van der Waals surface area contributed by atoms with Crippen molar-refractivity contribution in [2.24, 2.45) is 0 Å². The highest BCUT2D eigenvalue weighted by molar-refractivity contribution is 9.10. The van der Waals surface area contributed by atoms with Crippen molar-refractivity contribution in [3.05, 3.63) is 33.3 Å². The highest BCUT2D eigenvalue weighted by atomic mass is 79.9. The first-order chi connectivity index (χ1) is 6.07. The quantitative estimate of drug-likeness (QED) is 0.867. The summed E-state index contributed by atoms with van der Waals surface area (Å²) in [6.45, 7) is 0. The molecule has 1 aliphatic carbocycles. The summed E-state index contributed by atoms with van der Waals surface area (Å²) in [6.07, 6.45) is 2.54. The first-order valence-corrected chi connectivity index (χ1v) is 5.42. The summed E-state index contributed by atoms with van der Waals surface area (Å²) < 4.78 is 0.972. The lowest BCUT2D eigenvalue weighted by molar-refractivity contribution is 0.151. The Hall–Kier alpha value is -0.0500. The Balaban J connectivity index is 2.20. The molecule has 0 spiro atoms. The molecule has 3 heteroatoms. The molecule has 1 saturated carbocycles. The molecule has 1 aromatic carbocycles. The van der Waals surface area contributed by atoms with Crippen LogP contribution in [0.15, 0.2) is 22.7 Å². The molecule has 1 fully saturated rings. The molecule has 0 aromatic heterocycles. The molecule has 13 heavy (non-hydrogen) atoms. The van der Waals surface area contributed by atoms with Crippen LogP contribution < -0.4 is 0 Å². The molecular formula is C10H10BrClO. The van der Waals surface area contributed by atoms with E-state index in [4.69, 9.17) is 11.6 Å². The minimum atomic E-state index is -0.440. The maximum absolute atomic E-state index is 9.71. The highest BCUT2D eigenvalue weighted by Gasteiger charge is 2.40. The van der Waals surface area contributed by atoms with Gasteiger partial charge in [-0.2, -0.15) is 0 Å². The highest BCUT2D eigenvalue weighted by Crippen LogP contribution is 2.38. The van der Waals surface area contributed by atoms with Gasteiger partial charge in [0.25, 0.3) is 0 Å². The SMILES string of the molecule is OC1(Cc2cc(Cl)cc(Br)c2)CC1. The molecule has 0 saturated heterocycles. The predicted octanol–water partition coefficient (Wildman–Crippen LogP) is 3.17. The van der Waals surface area contributed by atoms with Crippen LogP contribution in [-0.4, -0.2) is 10.7 Å². The maximum atomic E-state index is 9.71. The third-order valence-electron chi connectivity index (χ3n) is 2.28. The van der Waals surface area contributed by atoms with E-state index in [1.165, 1.54) is 0 Å². The van der Waals surface area contributed by atoms with Crippen molar-refractivity contribution in [3.8, 4) is 0 Å². The van der Waals surface area contributed by atoms with Crippen LogP contribution in [0.3, 0.4) is 0 Å². The number of rotatable bonds is 2. The molecule has 1 aliphatic rings. The van der Waals surface area contributed by atoms with Gasteiger partial charge in [-0.05, 0) is 36.6 Å². The van der Waals surface area contributed by atoms with Gasteiger partial charge in [-0.15, -0.1) is 0 Å². The average molecular weight is 262 g/mol. The van der Waals surface area contributed by atoms with Gasteiger partial charge < -0.3 is 5.11 Å². The van der Waals surface area contributed by atoms with Crippen LogP contribution in [0.2, 0.25) is 5.02 Å². The Bertz CT molecular complexity index is 313. The summed E-state index contributed by atoms with van der Waals surface area (Å²) in [5.74, 6) is 0. The van der Waals surface area contributed by atoms with Gasteiger partial charge in [-0.3, -0.25) is 0 Å². The summed E-state index contributed by atoms with van der Waals surface area (Å²) in [5.41, 5.74) is 0.656. The standard InChI is InChI=1S/C10H10BrClO/c11-8-3-7(4-9(12)5-8)6-10(13)1-2-10/h3-5,13H,1-2,6H2. The maximum Gasteiger partial charge on any atom is 0.0690 e. The second-order valence-corrected chi connectivity index (χ2v) is 5.03. The van der Waals surface area contributed by atoms with Gasteiger partial charge in [-0.1, -0.05) is 27.5 Å². The second-order valence-electron chi connectivity index (χ2n) is 3.68. The van der Waals surface area contributed by atoms with Crippen LogP contribution in [0.4, 0.5) is 0 Å². The molecule has 2 rings (SSSR count). The van der Waals surface area contributed by atoms with E-state index < -0.39 is 5.60 Å². The number of hydrogen-bond acceptors (Lipinski definition) is 1. The Morgan fingerprint density at radius 2 is 2.08 bits per heavy atom. The van der Waals surface area contributed by atoms with Crippen LogP contribution in [0, 0.1) is 0 Å². The molecule has 0 heterocycles. The van der Waals surface area contributed by atoms with Crippen molar-refractivity contribution in [2.45, 2.75) is 24.9 Å². The van der Waals surface area contributed by atoms with Gasteiger partial charge in [0.1, 0.15) is 0 Å². The van der Waals surface area contributed by atoms with Gasteiger partial charge in [-0.25, -0.2) is 0 Å². The van der Waals surface area contributed by atoms with E-state index in [0.717, 1.165) is 22.9 Å². The largest absolute Gasteiger partial charge is 0.390 e. The minimum Gasteiger partial charge on any atom is -0.390 e. The average Bonchev–Trinajstić information content (AvgIpc) is 2.64. The fraction of sp³-hybridized carbons (Fsp3) is 0.400. The van der Waals surface area contributed by atoms with Crippen molar-refractivity contribution in [2.75, 3.05) is 0 Å². The zero-order valence-electron chi connectivity index (χ0n) is 7.06. The fourth-order valence-electron chi connectivity index (χ4n) is 1.41. The van der Waals surface area contributed by atoms with Crippen molar-refractivity contribution in [1.29, 1.82) is 0 Å². The van der Waals surface area contributed by atoms with E-state index in [9.17, 15) is 5.11 Å². The molecule has 1 nitrogen and oxygen atoms in total. The van der Waals surface area contributed by atoms with E-state index in [1.54, 1.807) is 0 Å². The van der Waals surface area contributed by atoms with Gasteiger partial charge >= 0.3 is 0 Å². The molecule has 0 unspecified atom stereocenters. The first-order valence-electron chi connectivity index (χ1n) is 4.25. The van der Waals surface area contributed by atoms with Crippen LogP contribution in [0.5, 0.6) is 0 Å². The van der Waals surface area contributed by atoms with Gasteiger partial charge in [0.05, 0.1) is 5.60 Å². The van der Waals surface area contributed by atoms with E-state index >= 15 is 0 Å². The van der Waals surface area contributed by atoms with Gasteiger partial charge in [0, 0.05) is 15.9 Å². The van der Waals surface area contributed by atoms with Crippen molar-refractivity contribution >= 4 is 27.5 Å². The lowest BCUT2D eigenvalue weighted by Gasteiger charge is -2.07. The summed E-state index contributed by atoms with van der Waals surface area (Å²) in [6, 6.07) is 5.76. The Labute approximate surface area is 90.9 Å². The molecule has 0 radical (unpaired) electrons. The Morgan fingerprint density at radius 3 is 2.62 bits per heavy atom. The van der Waals surface area contributed by atoms with Crippen LogP contribution >= 0.6 is 27.5 Å². The number of aliphatic hydroxyl groups is 1. The monoisotopic (exact) mass is 260 g/mol. The first kappa shape index (κ1) is 9.50. The fourth-order valence-corrected chi connectivity index (χ4v) is 2.34. The Kier molecular flexibility index (Phi) is 2.39. The van der Waals surface area contributed by atoms with Gasteiger partial charge in [0.2, 0.25) is 0 Å². The molecule has 1 aromatic rings. The number of benzene rings is 1. The smallest absolute Gasteiger partial charge is 0.0690 e.